The van der Waals surface area contributed by atoms with E-state index in [0.717, 1.165) is 45.4 Å². The Morgan fingerprint density at radius 3 is 2.56 bits per heavy atom. The maximum atomic E-state index is 12.2. The number of amides is 1. The molecule has 1 aliphatic heterocycles. The van der Waals surface area contributed by atoms with Crippen LogP contribution in [0.15, 0.2) is 0 Å². The lowest BCUT2D eigenvalue weighted by atomic mass is 9.81. The Kier molecular flexibility index (Phi) is 8.57. The fourth-order valence-electron chi connectivity index (χ4n) is 2.35. The Balaban J connectivity index is 0.00000289. The van der Waals surface area contributed by atoms with E-state index in [0.29, 0.717) is 12.5 Å². The summed E-state index contributed by atoms with van der Waals surface area (Å²) >= 11 is 0. The summed E-state index contributed by atoms with van der Waals surface area (Å²) in [5, 5.41) is 3.05. The molecule has 0 saturated carbocycles. The molecule has 18 heavy (non-hydrogen) atoms. The van der Waals surface area contributed by atoms with Gasteiger partial charge in [0, 0.05) is 19.7 Å². The molecular formula is C13H27ClN2O2. The average molecular weight is 279 g/mol. The van der Waals surface area contributed by atoms with Crippen LogP contribution in [0.3, 0.4) is 0 Å². The van der Waals surface area contributed by atoms with Crippen molar-refractivity contribution >= 4 is 18.3 Å². The third kappa shape index (κ3) is 4.41. The molecule has 0 aliphatic carbocycles. The van der Waals surface area contributed by atoms with Crippen molar-refractivity contribution in [1.29, 1.82) is 0 Å². The van der Waals surface area contributed by atoms with E-state index < -0.39 is 0 Å². The molecule has 1 saturated heterocycles. The van der Waals surface area contributed by atoms with Gasteiger partial charge in [0.2, 0.25) is 5.91 Å². The Labute approximate surface area is 116 Å². The smallest absolute Gasteiger partial charge is 0.227 e. The maximum absolute atomic E-state index is 12.2. The van der Waals surface area contributed by atoms with Gasteiger partial charge in [0.05, 0.1) is 12.0 Å². The van der Waals surface area contributed by atoms with E-state index >= 15 is 0 Å². The van der Waals surface area contributed by atoms with Crippen LogP contribution < -0.4 is 11.1 Å². The maximum Gasteiger partial charge on any atom is 0.227 e. The zero-order valence-corrected chi connectivity index (χ0v) is 12.4. The number of rotatable bonds is 6. The molecule has 1 fully saturated rings. The van der Waals surface area contributed by atoms with Crippen LogP contribution in [0.2, 0.25) is 0 Å². The van der Waals surface area contributed by atoms with Crippen molar-refractivity contribution < 1.29 is 9.53 Å². The Morgan fingerprint density at radius 1 is 1.44 bits per heavy atom. The van der Waals surface area contributed by atoms with Crippen LogP contribution in [0.4, 0.5) is 0 Å². The SMILES string of the molecule is CCC(CC)(CN)C(=O)NCC1CCCOC1.Cl. The highest BCUT2D eigenvalue weighted by Gasteiger charge is 2.33. The van der Waals surface area contributed by atoms with E-state index in [2.05, 4.69) is 5.32 Å². The summed E-state index contributed by atoms with van der Waals surface area (Å²) in [6.07, 6.45) is 3.85. The van der Waals surface area contributed by atoms with E-state index in [1.165, 1.54) is 0 Å². The van der Waals surface area contributed by atoms with Crippen molar-refractivity contribution in [3.63, 3.8) is 0 Å². The lowest BCUT2D eigenvalue weighted by molar-refractivity contribution is -0.131. The van der Waals surface area contributed by atoms with Gasteiger partial charge < -0.3 is 15.8 Å². The molecule has 3 N–H and O–H groups in total. The summed E-state index contributed by atoms with van der Waals surface area (Å²) in [5.74, 6) is 0.576. The molecule has 0 aromatic rings. The number of carbonyl (C=O) groups excluding carboxylic acids is 1. The summed E-state index contributed by atoms with van der Waals surface area (Å²) < 4.78 is 5.40. The number of nitrogens with one attached hydrogen (secondary N) is 1. The highest BCUT2D eigenvalue weighted by Crippen LogP contribution is 2.25. The summed E-state index contributed by atoms with van der Waals surface area (Å²) in [6.45, 7) is 6.84. The highest BCUT2D eigenvalue weighted by atomic mass is 35.5. The topological polar surface area (TPSA) is 64.4 Å². The van der Waals surface area contributed by atoms with E-state index in [1.807, 2.05) is 13.8 Å². The Bertz CT molecular complexity index is 231. The first kappa shape index (κ1) is 17.7. The van der Waals surface area contributed by atoms with Crippen LogP contribution in [0, 0.1) is 11.3 Å². The van der Waals surface area contributed by atoms with Crippen molar-refractivity contribution in [2.24, 2.45) is 17.1 Å². The van der Waals surface area contributed by atoms with E-state index in [4.69, 9.17) is 10.5 Å². The van der Waals surface area contributed by atoms with Crippen molar-refractivity contribution in [2.75, 3.05) is 26.3 Å². The van der Waals surface area contributed by atoms with E-state index in [-0.39, 0.29) is 23.7 Å². The number of halogens is 1. The predicted octanol–water partition coefficient (Wildman–Crippen LogP) is 1.72. The molecular weight excluding hydrogens is 252 g/mol. The van der Waals surface area contributed by atoms with Crippen LogP contribution in [0.25, 0.3) is 0 Å². The molecule has 5 heteroatoms. The van der Waals surface area contributed by atoms with Crippen LogP contribution in [0.5, 0.6) is 0 Å². The molecule has 4 nitrogen and oxygen atoms in total. The second kappa shape index (κ2) is 8.73. The van der Waals surface area contributed by atoms with Gasteiger partial charge in [-0.25, -0.2) is 0 Å². The van der Waals surface area contributed by atoms with Gasteiger partial charge >= 0.3 is 0 Å². The number of carbonyl (C=O) groups is 1. The van der Waals surface area contributed by atoms with Gasteiger partial charge in [0.25, 0.3) is 0 Å². The second-order valence-corrected chi connectivity index (χ2v) is 4.98. The molecule has 0 radical (unpaired) electrons. The normalized spacial score (nSPS) is 20.1. The van der Waals surface area contributed by atoms with Gasteiger partial charge in [0.1, 0.15) is 0 Å². The molecule has 1 unspecified atom stereocenters. The summed E-state index contributed by atoms with van der Waals surface area (Å²) in [5.41, 5.74) is 5.37. The van der Waals surface area contributed by atoms with Gasteiger partial charge in [-0.2, -0.15) is 0 Å². The largest absolute Gasteiger partial charge is 0.381 e. The molecule has 1 amide bonds. The van der Waals surface area contributed by atoms with Gasteiger partial charge in [-0.3, -0.25) is 4.79 Å². The molecule has 0 spiro atoms. The zero-order valence-electron chi connectivity index (χ0n) is 11.5. The Morgan fingerprint density at radius 2 is 2.11 bits per heavy atom. The lowest BCUT2D eigenvalue weighted by Crippen LogP contribution is -2.47. The molecule has 1 atom stereocenters. The molecule has 0 aromatic heterocycles. The van der Waals surface area contributed by atoms with E-state index in [9.17, 15) is 4.79 Å². The van der Waals surface area contributed by atoms with E-state index in [1.54, 1.807) is 0 Å². The van der Waals surface area contributed by atoms with Crippen molar-refractivity contribution in [2.45, 2.75) is 39.5 Å². The molecule has 1 heterocycles. The average Bonchev–Trinajstić information content (AvgIpc) is 2.40. The molecule has 108 valence electrons. The number of ether oxygens (including phenoxy) is 1. The third-order valence-corrected chi connectivity index (χ3v) is 4.03. The van der Waals surface area contributed by atoms with Crippen LogP contribution in [-0.4, -0.2) is 32.2 Å². The minimum atomic E-state index is -0.379. The second-order valence-electron chi connectivity index (χ2n) is 4.98. The lowest BCUT2D eigenvalue weighted by Gasteiger charge is -2.30. The molecule has 1 rings (SSSR count). The first-order valence-electron chi connectivity index (χ1n) is 6.74. The van der Waals surface area contributed by atoms with Crippen molar-refractivity contribution in [1.82, 2.24) is 5.32 Å². The highest BCUT2D eigenvalue weighted by molar-refractivity contribution is 5.85. The fraction of sp³-hybridized carbons (Fsp3) is 0.923. The zero-order chi connectivity index (χ0) is 12.7. The first-order valence-corrected chi connectivity index (χ1v) is 6.74. The number of hydrogen-bond donors (Lipinski definition) is 2. The van der Waals surface area contributed by atoms with Crippen LogP contribution >= 0.6 is 12.4 Å². The summed E-state index contributed by atoms with van der Waals surface area (Å²) in [7, 11) is 0. The number of nitrogens with two attached hydrogens (primary N) is 1. The van der Waals surface area contributed by atoms with Gasteiger partial charge in [-0.05, 0) is 31.6 Å². The summed E-state index contributed by atoms with van der Waals surface area (Å²) in [6, 6.07) is 0. The molecule has 0 aromatic carbocycles. The monoisotopic (exact) mass is 278 g/mol. The van der Waals surface area contributed by atoms with Gasteiger partial charge in [-0.1, -0.05) is 13.8 Å². The minimum absolute atomic E-state index is 0. The predicted molar refractivity (Wildman–Crippen MR) is 75.9 cm³/mol. The van der Waals surface area contributed by atoms with Crippen LogP contribution in [-0.2, 0) is 9.53 Å². The summed E-state index contributed by atoms with van der Waals surface area (Å²) in [4.78, 5) is 12.2. The quantitative estimate of drug-likeness (QED) is 0.778. The first-order chi connectivity index (χ1) is 8.18. The Hall–Kier alpha value is -0.320. The van der Waals surface area contributed by atoms with Crippen molar-refractivity contribution in [3.05, 3.63) is 0 Å². The van der Waals surface area contributed by atoms with Gasteiger partial charge in [-0.15, -0.1) is 12.4 Å². The fourth-order valence-corrected chi connectivity index (χ4v) is 2.35. The van der Waals surface area contributed by atoms with Crippen molar-refractivity contribution in [3.8, 4) is 0 Å². The van der Waals surface area contributed by atoms with Gasteiger partial charge in [0.15, 0.2) is 0 Å². The minimum Gasteiger partial charge on any atom is -0.381 e. The number of hydrogen-bond acceptors (Lipinski definition) is 3. The molecule has 0 bridgehead atoms. The third-order valence-electron chi connectivity index (χ3n) is 4.03. The van der Waals surface area contributed by atoms with Crippen LogP contribution in [0.1, 0.15) is 39.5 Å². The molecule has 1 aliphatic rings. The standard InChI is InChI=1S/C13H26N2O2.ClH/c1-3-13(4-2,10-14)12(16)15-8-11-6-5-7-17-9-11;/h11H,3-10,14H2,1-2H3,(H,15,16);1H.